The SMILES string of the molecule is CC(C)(C)OC(=O)N1CCCN(c2ccc(C3CC(C(O)(C(F)(F)F)C(F)(F)F)=NN3c3ccccc3Cl)cc2)CC1. The van der Waals surface area contributed by atoms with E-state index in [1.807, 2.05) is 4.90 Å². The number of anilines is 2. The summed E-state index contributed by atoms with van der Waals surface area (Å²) in [5.74, 6) is 0. The molecule has 14 heteroatoms. The molecule has 230 valence electrons. The van der Waals surface area contributed by atoms with Gasteiger partial charge in [0.15, 0.2) is 0 Å². The Bertz CT molecular complexity index is 1300. The molecule has 2 aliphatic heterocycles. The number of hydrazone groups is 1. The van der Waals surface area contributed by atoms with Crippen LogP contribution in [0, 0.1) is 0 Å². The third kappa shape index (κ3) is 6.41. The maximum atomic E-state index is 13.7. The molecule has 2 aliphatic rings. The first-order valence-corrected chi connectivity index (χ1v) is 13.6. The molecule has 42 heavy (non-hydrogen) atoms. The van der Waals surface area contributed by atoms with Crippen molar-refractivity contribution in [3.05, 3.63) is 59.1 Å². The van der Waals surface area contributed by atoms with Gasteiger partial charge in [-0.05, 0) is 57.0 Å². The Labute approximate surface area is 244 Å². The predicted molar refractivity (Wildman–Crippen MR) is 147 cm³/mol. The highest BCUT2D eigenvalue weighted by Gasteiger charge is 2.74. The molecule has 1 amide bonds. The summed E-state index contributed by atoms with van der Waals surface area (Å²) >= 11 is 6.25. The van der Waals surface area contributed by atoms with Crippen molar-refractivity contribution in [1.82, 2.24) is 4.90 Å². The summed E-state index contributed by atoms with van der Waals surface area (Å²) in [6.07, 6.45) is -12.7. The Kier molecular flexibility index (Phi) is 8.67. The quantitative estimate of drug-likeness (QED) is 0.375. The van der Waals surface area contributed by atoms with Crippen molar-refractivity contribution >= 4 is 34.8 Å². The van der Waals surface area contributed by atoms with Gasteiger partial charge in [0, 0.05) is 38.3 Å². The van der Waals surface area contributed by atoms with E-state index in [4.69, 9.17) is 16.3 Å². The molecule has 0 spiro atoms. The van der Waals surface area contributed by atoms with Crippen LogP contribution in [0.1, 0.15) is 45.2 Å². The third-order valence-corrected chi connectivity index (χ3v) is 7.36. The van der Waals surface area contributed by atoms with E-state index in [9.17, 15) is 36.2 Å². The largest absolute Gasteiger partial charge is 0.444 e. The second kappa shape index (κ2) is 11.5. The standard InChI is InChI=1S/C28H31ClF6N4O3/c1-25(2,3)42-24(40)38-14-6-13-37(15-16-38)19-11-9-18(10-12-19)22-17-23(26(41,27(30,31)32)28(33,34)35)36-39(22)21-8-5-4-7-20(21)29/h4-5,7-12,22,41H,6,13-17H2,1-3H3. The van der Waals surface area contributed by atoms with Gasteiger partial charge in [-0.2, -0.15) is 31.4 Å². The maximum absolute atomic E-state index is 13.7. The van der Waals surface area contributed by atoms with Gasteiger partial charge in [0.2, 0.25) is 0 Å². The number of hydrogen-bond donors (Lipinski definition) is 1. The molecular formula is C28H31ClF6N4O3. The molecular weight excluding hydrogens is 590 g/mol. The summed E-state index contributed by atoms with van der Waals surface area (Å²) in [4.78, 5) is 16.2. The highest BCUT2D eigenvalue weighted by Crippen LogP contribution is 2.49. The van der Waals surface area contributed by atoms with E-state index < -0.39 is 47.8 Å². The van der Waals surface area contributed by atoms with Gasteiger partial charge in [-0.1, -0.05) is 35.9 Å². The van der Waals surface area contributed by atoms with Crippen molar-refractivity contribution < 1.29 is 41.0 Å². The smallest absolute Gasteiger partial charge is 0.431 e. The lowest BCUT2D eigenvalue weighted by Crippen LogP contribution is -2.62. The minimum absolute atomic E-state index is 0.0609. The number of halogens is 7. The zero-order valence-electron chi connectivity index (χ0n) is 23.1. The Morgan fingerprint density at radius 3 is 2.12 bits per heavy atom. The highest BCUT2D eigenvalue weighted by atomic mass is 35.5. The fourth-order valence-corrected chi connectivity index (χ4v) is 5.15. The zero-order chi connectivity index (χ0) is 31.1. The number of ether oxygens (including phenoxy) is 1. The molecule has 0 bridgehead atoms. The number of aliphatic hydroxyl groups is 1. The number of hydrogen-bond acceptors (Lipinski definition) is 6. The van der Waals surface area contributed by atoms with Gasteiger partial charge in [0.05, 0.1) is 22.5 Å². The van der Waals surface area contributed by atoms with Crippen LogP contribution in [-0.4, -0.2) is 71.5 Å². The Morgan fingerprint density at radius 1 is 0.929 bits per heavy atom. The van der Waals surface area contributed by atoms with Crippen LogP contribution in [-0.2, 0) is 4.74 Å². The minimum Gasteiger partial charge on any atom is -0.444 e. The number of carbonyl (C=O) groups is 1. The summed E-state index contributed by atoms with van der Waals surface area (Å²) in [7, 11) is 0. The van der Waals surface area contributed by atoms with Crippen LogP contribution in [0.2, 0.25) is 5.02 Å². The van der Waals surface area contributed by atoms with Crippen LogP contribution in [0.25, 0.3) is 0 Å². The molecule has 4 rings (SSSR count). The highest BCUT2D eigenvalue weighted by molar-refractivity contribution is 6.33. The van der Waals surface area contributed by atoms with E-state index in [2.05, 4.69) is 5.10 Å². The first-order chi connectivity index (χ1) is 19.4. The van der Waals surface area contributed by atoms with Crippen LogP contribution >= 0.6 is 11.6 Å². The van der Waals surface area contributed by atoms with Crippen LogP contribution in [0.4, 0.5) is 42.5 Å². The number of nitrogens with zero attached hydrogens (tertiary/aromatic N) is 4. The van der Waals surface area contributed by atoms with Gasteiger partial charge in [-0.25, -0.2) is 4.79 Å². The molecule has 1 saturated heterocycles. The molecule has 0 aliphatic carbocycles. The molecule has 7 nitrogen and oxygen atoms in total. The van der Waals surface area contributed by atoms with E-state index in [0.717, 1.165) is 10.7 Å². The average molecular weight is 621 g/mol. The summed E-state index contributed by atoms with van der Waals surface area (Å²) in [6, 6.07) is 11.4. The van der Waals surface area contributed by atoms with Crippen molar-refractivity contribution in [3.8, 4) is 0 Å². The van der Waals surface area contributed by atoms with Gasteiger partial charge < -0.3 is 19.6 Å². The van der Waals surface area contributed by atoms with E-state index in [1.54, 1.807) is 56.0 Å². The fourth-order valence-electron chi connectivity index (χ4n) is 4.93. The number of alkyl halides is 6. The summed E-state index contributed by atoms with van der Waals surface area (Å²) in [5, 5.41) is 14.8. The number of benzene rings is 2. The van der Waals surface area contributed by atoms with Crippen molar-refractivity contribution in [2.24, 2.45) is 5.10 Å². The van der Waals surface area contributed by atoms with Crippen LogP contribution in [0.3, 0.4) is 0 Å². The summed E-state index contributed by atoms with van der Waals surface area (Å²) in [5.41, 5.74) is -6.03. The zero-order valence-corrected chi connectivity index (χ0v) is 23.9. The first-order valence-electron chi connectivity index (χ1n) is 13.2. The average Bonchev–Trinajstić information content (AvgIpc) is 3.16. The molecule has 2 aromatic carbocycles. The summed E-state index contributed by atoms with van der Waals surface area (Å²) in [6.45, 7) is 7.37. The van der Waals surface area contributed by atoms with Gasteiger partial charge in [0.1, 0.15) is 5.60 Å². The van der Waals surface area contributed by atoms with E-state index in [0.29, 0.717) is 38.2 Å². The van der Waals surface area contributed by atoms with E-state index in [-0.39, 0.29) is 10.7 Å². The maximum Gasteiger partial charge on any atom is 0.431 e. The van der Waals surface area contributed by atoms with Crippen molar-refractivity contribution in [1.29, 1.82) is 0 Å². The third-order valence-electron chi connectivity index (χ3n) is 7.04. The number of para-hydroxylation sites is 1. The van der Waals surface area contributed by atoms with Gasteiger partial charge in [-0.15, -0.1) is 0 Å². The molecule has 2 heterocycles. The Balaban J connectivity index is 1.60. The second-order valence-electron chi connectivity index (χ2n) is 11.2. The molecule has 0 aromatic heterocycles. The monoisotopic (exact) mass is 620 g/mol. The molecule has 1 N–H and O–H groups in total. The van der Waals surface area contributed by atoms with Gasteiger partial charge in [-0.3, -0.25) is 5.01 Å². The Morgan fingerprint density at radius 2 is 1.55 bits per heavy atom. The van der Waals surface area contributed by atoms with Gasteiger partial charge >= 0.3 is 18.4 Å². The number of amides is 1. The van der Waals surface area contributed by atoms with E-state index >= 15 is 0 Å². The van der Waals surface area contributed by atoms with Crippen LogP contribution < -0.4 is 9.91 Å². The summed E-state index contributed by atoms with van der Waals surface area (Å²) < 4.78 is 87.7. The van der Waals surface area contributed by atoms with Crippen molar-refractivity contribution in [3.63, 3.8) is 0 Å². The predicted octanol–water partition coefficient (Wildman–Crippen LogP) is 6.95. The first kappa shape index (κ1) is 31.7. The van der Waals surface area contributed by atoms with Crippen LogP contribution in [0.15, 0.2) is 53.6 Å². The number of carbonyl (C=O) groups excluding carboxylic acids is 1. The second-order valence-corrected chi connectivity index (χ2v) is 11.6. The fraction of sp³-hybridized carbons (Fsp3) is 0.500. The molecule has 1 atom stereocenters. The molecule has 2 aromatic rings. The number of rotatable bonds is 4. The van der Waals surface area contributed by atoms with E-state index in [1.165, 1.54) is 18.2 Å². The lowest BCUT2D eigenvalue weighted by Gasteiger charge is -2.32. The lowest BCUT2D eigenvalue weighted by atomic mass is 9.90. The Hall–Kier alpha value is -3.19. The van der Waals surface area contributed by atoms with Crippen molar-refractivity contribution in [2.75, 3.05) is 36.1 Å². The van der Waals surface area contributed by atoms with Crippen molar-refractivity contribution in [2.45, 2.75) is 63.2 Å². The molecule has 0 saturated carbocycles. The minimum atomic E-state index is -6.06. The lowest BCUT2D eigenvalue weighted by molar-refractivity contribution is -0.338. The normalized spacial score (nSPS) is 19.1. The molecule has 1 unspecified atom stereocenters. The van der Waals surface area contributed by atoms with Gasteiger partial charge in [0.25, 0.3) is 5.60 Å². The molecule has 0 radical (unpaired) electrons. The topological polar surface area (TPSA) is 68.6 Å². The van der Waals surface area contributed by atoms with Crippen LogP contribution in [0.5, 0.6) is 0 Å². The molecule has 1 fully saturated rings.